The van der Waals surface area contributed by atoms with Crippen molar-refractivity contribution in [3.63, 3.8) is 0 Å². The molecule has 0 nitrogen and oxygen atoms in total. The van der Waals surface area contributed by atoms with Gasteiger partial charge < -0.3 is 0 Å². The van der Waals surface area contributed by atoms with Gasteiger partial charge in [0, 0.05) is 0 Å². The molecule has 42 heavy (non-hydrogen) atoms. The first kappa shape index (κ1) is 42.4. The van der Waals surface area contributed by atoms with Crippen LogP contribution in [0.5, 0.6) is 0 Å². The van der Waals surface area contributed by atoms with E-state index in [1.807, 2.05) is 13.8 Å². The predicted octanol–water partition coefficient (Wildman–Crippen LogP) is 14.4. The molecule has 3 unspecified atom stereocenters. The third kappa shape index (κ3) is 18.0. The summed E-state index contributed by atoms with van der Waals surface area (Å²) in [6.45, 7) is 30.9. The van der Waals surface area contributed by atoms with Crippen LogP contribution in [0, 0.1) is 36.0 Å². The smallest absolute Gasteiger partial charge is 0.0145 e. The Balaban J connectivity index is 0. The van der Waals surface area contributed by atoms with Crippen molar-refractivity contribution in [2.24, 2.45) is 23.2 Å². The van der Waals surface area contributed by atoms with E-state index in [4.69, 9.17) is 0 Å². The van der Waals surface area contributed by atoms with E-state index in [2.05, 4.69) is 99.6 Å². The largest absolute Gasteiger partial charge is 0.124 e. The Bertz CT molecular complexity index is 823. The van der Waals surface area contributed by atoms with Gasteiger partial charge in [0.05, 0.1) is 0 Å². The zero-order valence-corrected chi connectivity index (χ0v) is 30.3. The maximum absolute atomic E-state index is 4.25. The fourth-order valence-corrected chi connectivity index (χ4v) is 6.39. The number of unbranched alkanes of at least 4 members (excludes halogenated alkanes) is 1. The minimum absolute atomic E-state index is 0.369. The highest BCUT2D eigenvalue weighted by molar-refractivity contribution is 5.28. The van der Waals surface area contributed by atoms with Gasteiger partial charge in [-0.2, -0.15) is 0 Å². The highest BCUT2D eigenvalue weighted by Gasteiger charge is 2.27. The fraction of sp³-hybridized carbons (Fsp3) is 0.714. The monoisotopic (exact) mass is 579 g/mol. The number of hydrogen-bond acceptors (Lipinski definition) is 0. The molecule has 0 heterocycles. The molecule has 1 saturated carbocycles. The van der Waals surface area contributed by atoms with Crippen molar-refractivity contribution >= 4 is 0 Å². The summed E-state index contributed by atoms with van der Waals surface area (Å²) in [6, 6.07) is 0. The Morgan fingerprint density at radius 1 is 0.905 bits per heavy atom. The maximum atomic E-state index is 4.25. The van der Waals surface area contributed by atoms with Crippen LogP contribution in [-0.2, 0) is 0 Å². The topological polar surface area (TPSA) is 0 Å². The van der Waals surface area contributed by atoms with Crippen molar-refractivity contribution in [2.45, 2.75) is 172 Å². The Hall–Kier alpha value is -1.74. The molecule has 0 saturated heterocycles. The third-order valence-corrected chi connectivity index (χ3v) is 9.91. The molecule has 0 aromatic rings. The fourth-order valence-electron chi connectivity index (χ4n) is 6.39. The van der Waals surface area contributed by atoms with Gasteiger partial charge in [-0.15, -0.1) is 12.8 Å². The van der Waals surface area contributed by atoms with Gasteiger partial charge in [0.15, 0.2) is 0 Å². The highest BCUT2D eigenvalue weighted by atomic mass is 14.3. The first-order valence-corrected chi connectivity index (χ1v) is 17.7. The molecular weight excluding hydrogens is 504 g/mol. The van der Waals surface area contributed by atoms with Crippen LogP contribution in [0.15, 0.2) is 59.3 Å². The average Bonchev–Trinajstić information content (AvgIpc) is 3.15. The summed E-state index contributed by atoms with van der Waals surface area (Å²) in [5.41, 5.74) is 8.19. The molecule has 3 atom stereocenters. The van der Waals surface area contributed by atoms with Crippen molar-refractivity contribution in [1.82, 2.24) is 0 Å². The third-order valence-electron chi connectivity index (χ3n) is 9.91. The molecule has 0 N–H and O–H groups in total. The molecule has 242 valence electrons. The first-order valence-electron chi connectivity index (χ1n) is 17.7. The van der Waals surface area contributed by atoms with Crippen molar-refractivity contribution < 1.29 is 0 Å². The zero-order valence-electron chi connectivity index (χ0n) is 30.3. The summed E-state index contributed by atoms with van der Waals surface area (Å²) < 4.78 is 0. The Morgan fingerprint density at radius 2 is 1.50 bits per heavy atom. The molecular formula is C42H74. The molecule has 0 amide bonds. The van der Waals surface area contributed by atoms with Crippen LogP contribution < -0.4 is 0 Å². The van der Waals surface area contributed by atoms with Crippen LogP contribution in [0.3, 0.4) is 0 Å². The highest BCUT2D eigenvalue weighted by Crippen LogP contribution is 2.42. The summed E-state index contributed by atoms with van der Waals surface area (Å²) >= 11 is 0. The normalized spacial score (nSPS) is 21.7. The van der Waals surface area contributed by atoms with E-state index in [0.717, 1.165) is 18.3 Å². The number of terminal acetylenes is 1. The van der Waals surface area contributed by atoms with Crippen LogP contribution in [0.2, 0.25) is 0 Å². The van der Waals surface area contributed by atoms with Gasteiger partial charge in [0.1, 0.15) is 0 Å². The van der Waals surface area contributed by atoms with Gasteiger partial charge in [-0.25, -0.2) is 0 Å². The number of rotatable bonds is 13. The molecule has 0 bridgehead atoms. The lowest BCUT2D eigenvalue weighted by Crippen LogP contribution is -2.16. The lowest BCUT2D eigenvalue weighted by Gasteiger charge is -2.29. The predicted molar refractivity (Wildman–Crippen MR) is 196 cm³/mol. The van der Waals surface area contributed by atoms with Crippen molar-refractivity contribution in [2.75, 3.05) is 0 Å². The lowest BCUT2D eigenvalue weighted by atomic mass is 9.76. The van der Waals surface area contributed by atoms with Crippen LogP contribution in [-0.4, -0.2) is 0 Å². The quantitative estimate of drug-likeness (QED) is 0.116. The second-order valence-corrected chi connectivity index (χ2v) is 13.3. The maximum Gasteiger partial charge on any atom is -0.0145 e. The van der Waals surface area contributed by atoms with E-state index < -0.39 is 0 Å². The van der Waals surface area contributed by atoms with E-state index in [-0.39, 0.29) is 0 Å². The Labute approximate surface area is 266 Å². The molecule has 0 aromatic carbocycles. The summed E-state index contributed by atoms with van der Waals surface area (Å²) in [7, 11) is 0. The molecule has 2 aliphatic carbocycles. The Kier molecular flexibility index (Phi) is 26.0. The van der Waals surface area contributed by atoms with Crippen LogP contribution in [0.25, 0.3) is 0 Å². The van der Waals surface area contributed by atoms with E-state index >= 15 is 0 Å². The molecule has 1 fully saturated rings. The summed E-state index contributed by atoms with van der Waals surface area (Å²) in [5.74, 6) is 2.70. The molecule has 2 rings (SSSR count). The molecule has 2 aliphatic rings. The van der Waals surface area contributed by atoms with Crippen molar-refractivity contribution in [3.05, 3.63) is 59.3 Å². The van der Waals surface area contributed by atoms with Gasteiger partial charge in [-0.05, 0) is 101 Å². The second-order valence-electron chi connectivity index (χ2n) is 13.3. The lowest BCUT2D eigenvalue weighted by molar-refractivity contribution is 0.237. The van der Waals surface area contributed by atoms with Gasteiger partial charge in [0.25, 0.3) is 0 Å². The van der Waals surface area contributed by atoms with E-state index in [1.54, 1.807) is 16.7 Å². The van der Waals surface area contributed by atoms with Gasteiger partial charge in [-0.3, -0.25) is 0 Å². The van der Waals surface area contributed by atoms with Gasteiger partial charge >= 0.3 is 0 Å². The van der Waals surface area contributed by atoms with Crippen LogP contribution >= 0.6 is 0 Å². The van der Waals surface area contributed by atoms with E-state index in [9.17, 15) is 0 Å². The summed E-state index contributed by atoms with van der Waals surface area (Å²) in [5, 5.41) is 0. The minimum atomic E-state index is 0.369. The molecule has 0 aliphatic heterocycles. The van der Waals surface area contributed by atoms with E-state index in [1.165, 1.54) is 107 Å². The number of hydrogen-bond donors (Lipinski definition) is 0. The number of allylic oxidation sites excluding steroid dienone is 8. The van der Waals surface area contributed by atoms with Crippen molar-refractivity contribution in [1.29, 1.82) is 0 Å². The standard InChI is InChI=1S/C20H36.C18H30.C2H6.C2H2/c1-5-17(2)12-10-13-18(3)11-6-8-15-20-16-9-7-14-19(20)4;1-7-9-10-16-11-12-17(18(5,6)8-2)15(4)14(3)13-16;2*1-2/h19-20H,2-3,5-16H2,1,4H3;7,9-10,14H,8,11-13H2,1-6H3;1-2H3;1-2H/b;9-7-,16-10-;;. The summed E-state index contributed by atoms with van der Waals surface area (Å²) in [6.07, 6.45) is 35.8. The van der Waals surface area contributed by atoms with Crippen LogP contribution in [0.4, 0.5) is 0 Å². The molecule has 0 heteroatoms. The summed E-state index contributed by atoms with van der Waals surface area (Å²) in [4.78, 5) is 0. The zero-order chi connectivity index (χ0) is 32.6. The minimum Gasteiger partial charge on any atom is -0.124 e. The van der Waals surface area contributed by atoms with Crippen molar-refractivity contribution in [3.8, 4) is 12.8 Å². The SMILES string of the molecule is C#C.C/C=C\C=C1\CCC(C(C)(C)CC)=C(C)C(C)C1.C=C(CC)CCCC(=C)CCCCC1CCCCC1C.CC. The molecule has 0 spiro atoms. The Morgan fingerprint density at radius 3 is 2.07 bits per heavy atom. The molecule has 0 radical (unpaired) electrons. The first-order chi connectivity index (χ1) is 20.0. The van der Waals surface area contributed by atoms with Gasteiger partial charge in [-0.1, -0.05) is 153 Å². The second kappa shape index (κ2) is 25.7. The van der Waals surface area contributed by atoms with E-state index in [0.29, 0.717) is 11.3 Å². The van der Waals surface area contributed by atoms with Crippen LogP contribution in [0.1, 0.15) is 172 Å². The molecule has 0 aromatic heterocycles. The van der Waals surface area contributed by atoms with Gasteiger partial charge in [0.2, 0.25) is 0 Å². The average molecular weight is 579 g/mol.